The standard InChI is InChI=1S/C17H22N4OS.2CH2O2/c1-2-21-7-13(5-18-21)6-19-8-15-10-20(11-16(15)9-19)17(22)14-3-4-23-12-14;2*2-1-3/h3-5,7,12,15-16H,2,6,8-11H2,1H3;2*1H,(H,2,3). The highest BCUT2D eigenvalue weighted by molar-refractivity contribution is 7.08. The smallest absolute Gasteiger partial charge is 0.290 e. The van der Waals surface area contributed by atoms with Gasteiger partial charge in [0, 0.05) is 56.4 Å². The van der Waals surface area contributed by atoms with E-state index in [0.29, 0.717) is 11.8 Å². The number of rotatable bonds is 4. The summed E-state index contributed by atoms with van der Waals surface area (Å²) in [4.78, 5) is 33.7. The lowest BCUT2D eigenvalue weighted by molar-refractivity contribution is -0.123. The molecule has 2 unspecified atom stereocenters. The maximum Gasteiger partial charge on any atom is 0.290 e. The van der Waals surface area contributed by atoms with Crippen LogP contribution in [-0.4, -0.2) is 74.8 Å². The van der Waals surface area contributed by atoms with Crippen molar-refractivity contribution in [3.8, 4) is 0 Å². The molecule has 4 heterocycles. The minimum atomic E-state index is -0.250. The van der Waals surface area contributed by atoms with E-state index < -0.39 is 0 Å². The van der Waals surface area contributed by atoms with Gasteiger partial charge in [0.25, 0.3) is 18.9 Å². The van der Waals surface area contributed by atoms with Gasteiger partial charge in [-0.2, -0.15) is 16.4 Å². The number of fused-ring (bicyclic) bond motifs is 1. The van der Waals surface area contributed by atoms with Gasteiger partial charge in [-0.15, -0.1) is 0 Å². The third kappa shape index (κ3) is 6.13. The first kappa shape index (κ1) is 22.6. The quantitative estimate of drug-likeness (QED) is 0.719. The molecule has 2 saturated heterocycles. The van der Waals surface area contributed by atoms with Crippen molar-refractivity contribution in [3.63, 3.8) is 0 Å². The van der Waals surface area contributed by atoms with Crippen LogP contribution < -0.4 is 0 Å². The zero-order chi connectivity index (χ0) is 21.2. The second-order valence-corrected chi connectivity index (χ2v) is 7.63. The summed E-state index contributed by atoms with van der Waals surface area (Å²) < 4.78 is 1.98. The summed E-state index contributed by atoms with van der Waals surface area (Å²) in [6, 6.07) is 1.93. The van der Waals surface area contributed by atoms with Crippen LogP contribution in [-0.2, 0) is 22.7 Å². The number of aromatic nitrogens is 2. The van der Waals surface area contributed by atoms with Gasteiger partial charge >= 0.3 is 0 Å². The third-order valence-electron chi connectivity index (χ3n) is 5.03. The third-order valence-corrected chi connectivity index (χ3v) is 5.72. The lowest BCUT2D eigenvalue weighted by Crippen LogP contribution is -2.32. The van der Waals surface area contributed by atoms with E-state index >= 15 is 0 Å². The van der Waals surface area contributed by atoms with Crippen LogP contribution in [0.25, 0.3) is 0 Å². The van der Waals surface area contributed by atoms with Gasteiger partial charge in [-0.3, -0.25) is 24.0 Å². The van der Waals surface area contributed by atoms with E-state index in [4.69, 9.17) is 19.8 Å². The number of hydrogen-bond donors (Lipinski definition) is 2. The number of carboxylic acid groups (broad SMARTS) is 2. The highest BCUT2D eigenvalue weighted by Gasteiger charge is 2.41. The van der Waals surface area contributed by atoms with Crippen molar-refractivity contribution in [1.82, 2.24) is 19.6 Å². The van der Waals surface area contributed by atoms with E-state index in [0.717, 1.165) is 44.8 Å². The number of hydrogen-bond acceptors (Lipinski definition) is 6. The topological polar surface area (TPSA) is 116 Å². The number of aryl methyl sites for hydroxylation is 1. The summed E-state index contributed by atoms with van der Waals surface area (Å²) in [6.07, 6.45) is 4.12. The number of likely N-dealkylation sites (tertiary alicyclic amines) is 2. The predicted octanol–water partition coefficient (Wildman–Crippen LogP) is 1.57. The Balaban J connectivity index is 0.000000449. The van der Waals surface area contributed by atoms with Gasteiger partial charge in [0.15, 0.2) is 0 Å². The zero-order valence-electron chi connectivity index (χ0n) is 16.3. The molecule has 2 aliphatic heterocycles. The van der Waals surface area contributed by atoms with Crippen molar-refractivity contribution in [3.05, 3.63) is 40.3 Å². The molecule has 158 valence electrons. The normalized spacial score (nSPS) is 20.1. The minimum Gasteiger partial charge on any atom is -0.483 e. The number of amides is 1. The molecule has 2 fully saturated rings. The Kier molecular flexibility index (Phi) is 8.81. The highest BCUT2D eigenvalue weighted by atomic mass is 32.1. The van der Waals surface area contributed by atoms with Crippen molar-refractivity contribution in [2.45, 2.75) is 20.0 Å². The Morgan fingerprint density at radius 2 is 1.83 bits per heavy atom. The molecule has 4 rings (SSSR count). The van der Waals surface area contributed by atoms with Gasteiger partial charge in [-0.05, 0) is 30.2 Å². The van der Waals surface area contributed by atoms with Gasteiger partial charge in [-0.25, -0.2) is 0 Å². The first-order valence-electron chi connectivity index (χ1n) is 9.27. The molecule has 9 nitrogen and oxygen atoms in total. The fraction of sp³-hybridized carbons (Fsp3) is 0.474. The number of thiophene rings is 1. The Bertz CT molecular complexity index is 759. The monoisotopic (exact) mass is 422 g/mol. The molecule has 0 saturated carbocycles. The first-order chi connectivity index (χ1) is 14.1. The molecule has 0 bridgehead atoms. The molecule has 0 aliphatic carbocycles. The Morgan fingerprint density at radius 1 is 1.21 bits per heavy atom. The summed E-state index contributed by atoms with van der Waals surface area (Å²) in [5.41, 5.74) is 2.14. The molecule has 0 radical (unpaired) electrons. The fourth-order valence-corrected chi connectivity index (χ4v) is 4.50. The van der Waals surface area contributed by atoms with Crippen LogP contribution >= 0.6 is 11.3 Å². The molecule has 29 heavy (non-hydrogen) atoms. The SMILES string of the molecule is CCn1cc(CN2CC3CN(C(=O)c4ccsc4)CC3C2)cn1.O=CO.O=CO. The minimum absolute atomic E-state index is 0.205. The largest absolute Gasteiger partial charge is 0.483 e. The number of carbonyl (C=O) groups excluding carboxylic acids is 1. The summed E-state index contributed by atoms with van der Waals surface area (Å²) in [5.74, 6) is 1.45. The molecule has 2 atom stereocenters. The van der Waals surface area contributed by atoms with Crippen LogP contribution in [0, 0.1) is 11.8 Å². The second kappa shape index (κ2) is 11.3. The van der Waals surface area contributed by atoms with E-state index in [2.05, 4.69) is 23.1 Å². The van der Waals surface area contributed by atoms with Crippen LogP contribution in [0.3, 0.4) is 0 Å². The van der Waals surface area contributed by atoms with Crippen LogP contribution in [0.1, 0.15) is 22.8 Å². The molecular formula is C19H26N4O5S. The Labute approximate surface area is 173 Å². The molecule has 0 aromatic carbocycles. The van der Waals surface area contributed by atoms with E-state index in [9.17, 15) is 4.79 Å². The van der Waals surface area contributed by atoms with E-state index in [1.54, 1.807) is 11.3 Å². The summed E-state index contributed by atoms with van der Waals surface area (Å²) in [7, 11) is 0. The van der Waals surface area contributed by atoms with Crippen LogP contribution in [0.2, 0.25) is 0 Å². The van der Waals surface area contributed by atoms with E-state index in [1.807, 2.05) is 32.6 Å². The molecule has 2 aliphatic rings. The number of carbonyl (C=O) groups is 3. The molecule has 10 heteroatoms. The van der Waals surface area contributed by atoms with Gasteiger partial charge in [0.1, 0.15) is 0 Å². The maximum atomic E-state index is 12.5. The molecule has 0 spiro atoms. The van der Waals surface area contributed by atoms with E-state index in [-0.39, 0.29) is 18.9 Å². The van der Waals surface area contributed by atoms with Crippen LogP contribution in [0.5, 0.6) is 0 Å². The van der Waals surface area contributed by atoms with E-state index in [1.165, 1.54) is 5.56 Å². The second-order valence-electron chi connectivity index (χ2n) is 6.85. The van der Waals surface area contributed by atoms with Crippen molar-refractivity contribution < 1.29 is 24.6 Å². The molecule has 2 N–H and O–H groups in total. The average Bonchev–Trinajstić information content (AvgIpc) is 3.47. The van der Waals surface area contributed by atoms with Gasteiger partial charge in [0.05, 0.1) is 11.8 Å². The van der Waals surface area contributed by atoms with Crippen molar-refractivity contribution in [2.75, 3.05) is 26.2 Å². The molecule has 2 aromatic rings. The van der Waals surface area contributed by atoms with Gasteiger partial charge < -0.3 is 15.1 Å². The zero-order valence-corrected chi connectivity index (χ0v) is 17.1. The summed E-state index contributed by atoms with van der Waals surface area (Å²) in [6.45, 7) is 7.51. The first-order valence-corrected chi connectivity index (χ1v) is 10.2. The van der Waals surface area contributed by atoms with Crippen molar-refractivity contribution in [1.29, 1.82) is 0 Å². The van der Waals surface area contributed by atoms with Crippen molar-refractivity contribution in [2.24, 2.45) is 11.8 Å². The predicted molar refractivity (Wildman–Crippen MR) is 108 cm³/mol. The average molecular weight is 423 g/mol. The van der Waals surface area contributed by atoms with Crippen LogP contribution in [0.4, 0.5) is 0 Å². The highest BCUT2D eigenvalue weighted by Crippen LogP contribution is 2.32. The fourth-order valence-electron chi connectivity index (χ4n) is 3.87. The summed E-state index contributed by atoms with van der Waals surface area (Å²) >= 11 is 1.59. The Hall–Kier alpha value is -2.72. The van der Waals surface area contributed by atoms with Crippen molar-refractivity contribution >= 4 is 30.2 Å². The number of nitrogens with zero attached hydrogens (tertiary/aromatic N) is 4. The maximum absolute atomic E-state index is 12.5. The lowest BCUT2D eigenvalue weighted by atomic mass is 10.0. The van der Waals surface area contributed by atoms with Gasteiger partial charge in [-0.1, -0.05) is 0 Å². The lowest BCUT2D eigenvalue weighted by Gasteiger charge is -2.21. The van der Waals surface area contributed by atoms with Crippen LogP contribution in [0.15, 0.2) is 29.2 Å². The molecule has 1 amide bonds. The molecule has 2 aromatic heterocycles. The van der Waals surface area contributed by atoms with Gasteiger partial charge in [0.2, 0.25) is 0 Å². The molecular weight excluding hydrogens is 396 g/mol. The summed E-state index contributed by atoms with van der Waals surface area (Å²) in [5, 5.41) is 22.1. The Morgan fingerprint density at radius 3 is 2.31 bits per heavy atom.